The molecule has 0 aliphatic heterocycles. The summed E-state index contributed by atoms with van der Waals surface area (Å²) in [5.41, 5.74) is 2.27. The number of terminal acetylenes is 1. The Balaban J connectivity index is 2.28. The lowest BCUT2D eigenvalue weighted by atomic mass is 10.1. The lowest BCUT2D eigenvalue weighted by Crippen LogP contribution is -2.37. The van der Waals surface area contributed by atoms with Gasteiger partial charge in [-0.25, -0.2) is 0 Å². The Morgan fingerprint density at radius 3 is 3.00 bits per heavy atom. The first-order valence-electron chi connectivity index (χ1n) is 6.54. The van der Waals surface area contributed by atoms with Crippen LogP contribution in [0.5, 0.6) is 0 Å². The van der Waals surface area contributed by atoms with Gasteiger partial charge in [0.05, 0.1) is 18.2 Å². The largest absolute Gasteiger partial charge is 0.463 e. The van der Waals surface area contributed by atoms with E-state index in [1.54, 1.807) is 0 Å². The van der Waals surface area contributed by atoms with Gasteiger partial charge in [0.15, 0.2) is 0 Å². The van der Waals surface area contributed by atoms with Crippen LogP contribution >= 0.6 is 0 Å². The van der Waals surface area contributed by atoms with Gasteiger partial charge in [-0.3, -0.25) is 4.79 Å². The molecule has 0 unspecified atom stereocenters. The van der Waals surface area contributed by atoms with Crippen LogP contribution in [0.4, 0.5) is 0 Å². The highest BCUT2D eigenvalue weighted by Crippen LogP contribution is 2.23. The van der Waals surface area contributed by atoms with Crippen molar-refractivity contribution in [1.29, 1.82) is 0 Å². The van der Waals surface area contributed by atoms with Crippen molar-refractivity contribution in [3.05, 3.63) is 35.6 Å². The summed E-state index contributed by atoms with van der Waals surface area (Å²) in [7, 11) is 0. The second kappa shape index (κ2) is 6.27. The zero-order valence-corrected chi connectivity index (χ0v) is 11.3. The number of rotatable bonds is 5. The van der Waals surface area contributed by atoms with Crippen LogP contribution in [0.25, 0.3) is 11.0 Å². The zero-order valence-electron chi connectivity index (χ0n) is 11.3. The topological polar surface area (TPSA) is 62.5 Å². The number of carbonyl (C=O) groups excluding carboxylic acids is 1. The van der Waals surface area contributed by atoms with Crippen LogP contribution in [0, 0.1) is 12.3 Å². The summed E-state index contributed by atoms with van der Waals surface area (Å²) in [6.45, 7) is 1.86. The predicted molar refractivity (Wildman–Crippen MR) is 77.4 cm³/mol. The molecule has 2 aromatic rings. The second-order valence-electron chi connectivity index (χ2n) is 4.59. The smallest absolute Gasteiger partial charge is 0.255 e. The molecule has 2 N–H and O–H groups in total. The van der Waals surface area contributed by atoms with Crippen LogP contribution in [0.15, 0.2) is 28.9 Å². The molecule has 1 amide bonds. The first kappa shape index (κ1) is 14.2. The summed E-state index contributed by atoms with van der Waals surface area (Å²) in [6, 6.07) is 5.34. The van der Waals surface area contributed by atoms with E-state index in [1.165, 1.54) is 6.26 Å². The summed E-state index contributed by atoms with van der Waals surface area (Å²) in [6.07, 6.45) is 7.81. The van der Waals surface area contributed by atoms with E-state index < -0.39 is 6.04 Å². The summed E-state index contributed by atoms with van der Waals surface area (Å²) < 4.78 is 5.38. The Labute approximate surface area is 117 Å². The maximum Gasteiger partial charge on any atom is 0.255 e. The van der Waals surface area contributed by atoms with Crippen LogP contribution in [0.2, 0.25) is 0 Å². The Hall–Kier alpha value is -2.25. The summed E-state index contributed by atoms with van der Waals surface area (Å²) >= 11 is 0. The molecule has 4 nitrogen and oxygen atoms in total. The van der Waals surface area contributed by atoms with Crippen molar-refractivity contribution in [1.82, 2.24) is 5.32 Å². The fraction of sp³-hybridized carbons (Fsp3) is 0.312. The van der Waals surface area contributed by atoms with E-state index in [2.05, 4.69) is 18.2 Å². The van der Waals surface area contributed by atoms with Gasteiger partial charge in [-0.2, -0.15) is 0 Å². The highest BCUT2D eigenvalue weighted by molar-refractivity contribution is 6.06. The minimum absolute atomic E-state index is 0.189. The van der Waals surface area contributed by atoms with Gasteiger partial charge >= 0.3 is 0 Å². The average molecular weight is 271 g/mol. The molecule has 2 rings (SSSR count). The van der Waals surface area contributed by atoms with Crippen molar-refractivity contribution in [2.24, 2.45) is 0 Å². The fourth-order valence-electron chi connectivity index (χ4n) is 2.04. The van der Waals surface area contributed by atoms with Crippen LogP contribution in [0.3, 0.4) is 0 Å². The van der Waals surface area contributed by atoms with E-state index in [0.717, 1.165) is 17.4 Å². The fourth-order valence-corrected chi connectivity index (χ4v) is 2.04. The van der Waals surface area contributed by atoms with Crippen molar-refractivity contribution in [2.45, 2.75) is 25.8 Å². The monoisotopic (exact) mass is 271 g/mol. The van der Waals surface area contributed by atoms with Gasteiger partial charge in [-0.15, -0.1) is 12.3 Å². The molecule has 0 bridgehead atoms. The third-order valence-corrected chi connectivity index (χ3v) is 3.21. The molecule has 1 aromatic carbocycles. The van der Waals surface area contributed by atoms with Gasteiger partial charge in [-0.05, 0) is 24.1 Å². The van der Waals surface area contributed by atoms with Gasteiger partial charge in [0, 0.05) is 11.8 Å². The molecular weight excluding hydrogens is 254 g/mol. The zero-order chi connectivity index (χ0) is 14.5. The number of hydrogen-bond donors (Lipinski definition) is 2. The second-order valence-corrected chi connectivity index (χ2v) is 4.59. The highest BCUT2D eigenvalue weighted by atomic mass is 16.3. The number of aliphatic hydroxyl groups excluding tert-OH is 1. The van der Waals surface area contributed by atoms with E-state index in [-0.39, 0.29) is 18.9 Å². The number of carbonyl (C=O) groups is 1. The molecule has 0 aliphatic carbocycles. The van der Waals surface area contributed by atoms with Crippen LogP contribution in [-0.2, 0) is 6.42 Å². The molecule has 1 aromatic heterocycles. The van der Waals surface area contributed by atoms with Crippen molar-refractivity contribution in [2.75, 3.05) is 6.61 Å². The first-order chi connectivity index (χ1) is 9.69. The number of aryl methyl sites for hydroxylation is 1. The van der Waals surface area contributed by atoms with Crippen LogP contribution in [0.1, 0.15) is 29.3 Å². The molecule has 0 aliphatic rings. The lowest BCUT2D eigenvalue weighted by Gasteiger charge is -2.12. The van der Waals surface area contributed by atoms with E-state index in [1.807, 2.05) is 18.2 Å². The normalized spacial score (nSPS) is 12.1. The Kier molecular flexibility index (Phi) is 4.44. The van der Waals surface area contributed by atoms with Crippen molar-refractivity contribution < 1.29 is 14.3 Å². The van der Waals surface area contributed by atoms with Gasteiger partial charge in [0.2, 0.25) is 0 Å². The number of hydrogen-bond acceptors (Lipinski definition) is 3. The number of fused-ring (bicyclic) bond motifs is 1. The predicted octanol–water partition coefficient (Wildman–Crippen LogP) is 2.11. The summed E-state index contributed by atoms with van der Waals surface area (Å²) in [4.78, 5) is 12.2. The molecule has 0 saturated heterocycles. The van der Waals surface area contributed by atoms with Crippen molar-refractivity contribution in [3.8, 4) is 12.3 Å². The molecule has 4 heteroatoms. The highest BCUT2D eigenvalue weighted by Gasteiger charge is 2.17. The number of furan rings is 1. The van der Waals surface area contributed by atoms with Crippen molar-refractivity contribution in [3.63, 3.8) is 0 Å². The summed E-state index contributed by atoms with van der Waals surface area (Å²) in [5, 5.41) is 12.7. The van der Waals surface area contributed by atoms with Crippen molar-refractivity contribution >= 4 is 16.9 Å². The Morgan fingerprint density at radius 2 is 2.35 bits per heavy atom. The minimum Gasteiger partial charge on any atom is -0.463 e. The third kappa shape index (κ3) is 2.84. The molecule has 1 heterocycles. The van der Waals surface area contributed by atoms with Gasteiger partial charge in [-0.1, -0.05) is 13.0 Å². The maximum atomic E-state index is 12.2. The lowest BCUT2D eigenvalue weighted by molar-refractivity contribution is 0.0919. The average Bonchev–Trinajstić information content (AvgIpc) is 2.89. The van der Waals surface area contributed by atoms with Gasteiger partial charge in [0.25, 0.3) is 5.91 Å². The number of nitrogens with one attached hydrogen (secondary N) is 1. The van der Waals surface area contributed by atoms with E-state index in [0.29, 0.717) is 11.1 Å². The Bertz CT molecular complexity index is 651. The van der Waals surface area contributed by atoms with E-state index in [4.69, 9.17) is 15.9 Å². The third-order valence-electron chi connectivity index (χ3n) is 3.21. The SMILES string of the molecule is C#CC[C@H](CO)NC(=O)c1coc2ccc(CC)cc12. The molecule has 1 atom stereocenters. The number of benzene rings is 1. The number of aliphatic hydroxyl groups is 1. The van der Waals surface area contributed by atoms with Gasteiger partial charge < -0.3 is 14.8 Å². The standard InChI is InChI=1S/C16H17NO3/c1-3-5-12(9-18)17-16(19)14-10-20-15-7-6-11(4-2)8-13(14)15/h1,6-8,10,12,18H,4-5,9H2,2H3,(H,17,19)/t12-/m1/s1. The first-order valence-corrected chi connectivity index (χ1v) is 6.54. The van der Waals surface area contributed by atoms with Gasteiger partial charge in [0.1, 0.15) is 11.8 Å². The van der Waals surface area contributed by atoms with Crippen LogP contribution in [-0.4, -0.2) is 23.7 Å². The molecule has 20 heavy (non-hydrogen) atoms. The van der Waals surface area contributed by atoms with Crippen LogP contribution < -0.4 is 5.32 Å². The number of amides is 1. The molecule has 104 valence electrons. The maximum absolute atomic E-state index is 12.2. The molecule has 0 saturated carbocycles. The van der Waals surface area contributed by atoms with E-state index in [9.17, 15) is 4.79 Å². The quantitative estimate of drug-likeness (QED) is 0.819. The molecule has 0 radical (unpaired) electrons. The Morgan fingerprint density at radius 1 is 1.55 bits per heavy atom. The minimum atomic E-state index is -0.438. The molecular formula is C16H17NO3. The molecule has 0 fully saturated rings. The summed E-state index contributed by atoms with van der Waals surface area (Å²) in [5.74, 6) is 2.14. The molecule has 0 spiro atoms. The van der Waals surface area contributed by atoms with E-state index >= 15 is 0 Å².